The second-order valence-electron chi connectivity index (χ2n) is 21.1. The van der Waals surface area contributed by atoms with E-state index in [1.165, 1.54) is 89.0 Å². The Morgan fingerprint density at radius 3 is 0.744 bits per heavy atom. The second kappa shape index (κ2) is 19.1. The lowest BCUT2D eigenvalue weighted by molar-refractivity contribution is 0.376. The van der Waals surface area contributed by atoms with Gasteiger partial charge in [-0.25, -0.2) is 0 Å². The van der Waals surface area contributed by atoms with Crippen LogP contribution in [-0.4, -0.2) is 0 Å². The lowest BCUT2D eigenvalue weighted by Crippen LogP contribution is -2.44. The van der Waals surface area contributed by atoms with E-state index in [2.05, 4.69) is 327 Å². The number of hydrogen-bond donors (Lipinski definition) is 0. The van der Waals surface area contributed by atoms with E-state index < -0.39 is 10.8 Å². The zero-order valence-electron chi connectivity index (χ0n) is 43.8. The van der Waals surface area contributed by atoms with Gasteiger partial charge < -0.3 is 9.80 Å². The van der Waals surface area contributed by atoms with E-state index in [4.69, 9.17) is 0 Å². The maximum absolute atomic E-state index is 2.53. The van der Waals surface area contributed by atoms with Crippen LogP contribution in [0.4, 0.5) is 34.1 Å². The SMILES string of the molecule is CC1(C2(C)c3ccccc3-c3ccc(N(c4cccc(-c5ccccc5)c4)c4cccc(-c5ccccc5)c4)cc32)c2ccccc2-c2ccc(N(c3cccc(-c4ccccc4)c3)c3cccc(-c4ccccc4)c3)cc21. The Kier molecular flexibility index (Phi) is 11.5. The predicted molar refractivity (Wildman–Crippen MR) is 328 cm³/mol. The van der Waals surface area contributed by atoms with Crippen LogP contribution in [0.1, 0.15) is 36.1 Å². The molecule has 0 N–H and O–H groups in total. The van der Waals surface area contributed by atoms with Gasteiger partial charge in [0.15, 0.2) is 0 Å². The average Bonchev–Trinajstić information content (AvgIpc) is 3.20. The molecule has 2 aliphatic carbocycles. The topological polar surface area (TPSA) is 6.48 Å². The van der Waals surface area contributed by atoms with Gasteiger partial charge in [-0.05, 0) is 162 Å². The Morgan fingerprint density at radius 2 is 0.436 bits per heavy atom. The van der Waals surface area contributed by atoms with E-state index in [-0.39, 0.29) is 0 Å². The lowest BCUT2D eigenvalue weighted by Gasteiger charge is -2.45. The van der Waals surface area contributed by atoms with Crippen LogP contribution in [0.2, 0.25) is 0 Å². The Labute approximate surface area is 458 Å². The molecule has 2 atom stereocenters. The highest BCUT2D eigenvalue weighted by atomic mass is 15.1. The van der Waals surface area contributed by atoms with Crippen molar-refractivity contribution < 1.29 is 0 Å². The molecule has 0 bridgehead atoms. The van der Waals surface area contributed by atoms with Gasteiger partial charge in [-0.15, -0.1) is 0 Å². The maximum Gasteiger partial charge on any atom is 0.0467 e. The molecular formula is C76H56N2. The van der Waals surface area contributed by atoms with Gasteiger partial charge in [0.25, 0.3) is 0 Å². The molecule has 12 aromatic carbocycles. The van der Waals surface area contributed by atoms with Crippen molar-refractivity contribution >= 4 is 34.1 Å². The molecule has 0 spiro atoms. The lowest BCUT2D eigenvalue weighted by atomic mass is 9.56. The van der Waals surface area contributed by atoms with Crippen molar-refractivity contribution in [2.75, 3.05) is 9.80 Å². The third-order valence-electron chi connectivity index (χ3n) is 17.0. The molecule has 2 aliphatic rings. The first-order valence-corrected chi connectivity index (χ1v) is 27.2. The molecule has 2 nitrogen and oxygen atoms in total. The molecule has 2 heteroatoms. The fourth-order valence-electron chi connectivity index (χ4n) is 13.0. The second-order valence-corrected chi connectivity index (χ2v) is 21.1. The molecule has 0 fully saturated rings. The highest BCUT2D eigenvalue weighted by Crippen LogP contribution is 2.66. The third kappa shape index (κ3) is 7.71. The molecule has 0 amide bonds. The summed E-state index contributed by atoms with van der Waals surface area (Å²) < 4.78 is 0. The summed E-state index contributed by atoms with van der Waals surface area (Å²) in [5, 5.41) is 0. The predicted octanol–water partition coefficient (Wildman–Crippen LogP) is 20.6. The van der Waals surface area contributed by atoms with Crippen LogP contribution in [-0.2, 0) is 10.8 Å². The highest BCUT2D eigenvalue weighted by Gasteiger charge is 2.57. The van der Waals surface area contributed by atoms with Gasteiger partial charge in [0.05, 0.1) is 0 Å². The molecule has 0 radical (unpaired) electrons. The molecule has 14 rings (SSSR count). The minimum Gasteiger partial charge on any atom is -0.310 e. The maximum atomic E-state index is 2.53. The first-order valence-electron chi connectivity index (χ1n) is 27.2. The number of rotatable bonds is 11. The van der Waals surface area contributed by atoms with Crippen LogP contribution in [0.15, 0.2) is 303 Å². The molecule has 0 aliphatic heterocycles. The molecule has 2 unspecified atom stereocenters. The normalized spacial score (nSPS) is 15.7. The molecule has 12 aromatic rings. The first kappa shape index (κ1) is 46.7. The van der Waals surface area contributed by atoms with Crippen LogP contribution in [0, 0.1) is 0 Å². The first-order chi connectivity index (χ1) is 38.4. The van der Waals surface area contributed by atoms with E-state index in [0.29, 0.717) is 0 Å². The summed E-state index contributed by atoms with van der Waals surface area (Å²) >= 11 is 0. The highest BCUT2D eigenvalue weighted by molar-refractivity contribution is 5.93. The zero-order valence-corrected chi connectivity index (χ0v) is 43.8. The molecule has 78 heavy (non-hydrogen) atoms. The zero-order chi connectivity index (χ0) is 52.2. The quantitative estimate of drug-likeness (QED) is 0.127. The van der Waals surface area contributed by atoms with E-state index in [9.17, 15) is 0 Å². The smallest absolute Gasteiger partial charge is 0.0467 e. The molecule has 0 saturated heterocycles. The summed E-state index contributed by atoms with van der Waals surface area (Å²) in [7, 11) is 0. The Bertz CT molecular complexity index is 3750. The summed E-state index contributed by atoms with van der Waals surface area (Å²) in [6.07, 6.45) is 0. The van der Waals surface area contributed by atoms with Gasteiger partial charge in [-0.1, -0.05) is 244 Å². The Balaban J connectivity index is 0.976. The van der Waals surface area contributed by atoms with Gasteiger partial charge in [0, 0.05) is 45.0 Å². The Morgan fingerprint density at radius 1 is 0.192 bits per heavy atom. The summed E-state index contributed by atoms with van der Waals surface area (Å²) in [6.45, 7) is 5.06. The molecule has 370 valence electrons. The number of benzene rings is 12. The average molecular weight is 997 g/mol. The van der Waals surface area contributed by atoms with Gasteiger partial charge >= 0.3 is 0 Å². The van der Waals surface area contributed by atoms with Gasteiger partial charge in [-0.2, -0.15) is 0 Å². The standard InChI is InChI=1S/C76H56N2/c1-75(71-41-17-15-39-67(71)69-45-43-65(51-73(69)75)77(61-35-19-31-57(47-61)53-23-7-3-8-24-53)62-36-20-32-58(48-62)54-25-9-4-10-26-54)76(2)72-42-18-16-40-68(72)70-46-44-66(52-74(70)76)78(63-37-21-33-59(49-63)55-27-11-5-12-28-55)64-38-22-34-60(50-64)56-29-13-6-14-30-56/h3-52H,1-2H3. The fourth-order valence-corrected chi connectivity index (χ4v) is 13.0. The molecule has 0 saturated carbocycles. The van der Waals surface area contributed by atoms with Crippen LogP contribution in [0.3, 0.4) is 0 Å². The summed E-state index contributed by atoms with van der Waals surface area (Å²) in [6, 6.07) is 112. The number of fused-ring (bicyclic) bond motifs is 6. The van der Waals surface area contributed by atoms with Crippen molar-refractivity contribution in [2.24, 2.45) is 0 Å². The van der Waals surface area contributed by atoms with Crippen molar-refractivity contribution in [1.82, 2.24) is 0 Å². The minimum atomic E-state index is -0.538. The molecule has 0 aromatic heterocycles. The van der Waals surface area contributed by atoms with Crippen molar-refractivity contribution in [1.29, 1.82) is 0 Å². The van der Waals surface area contributed by atoms with Gasteiger partial charge in [0.2, 0.25) is 0 Å². The van der Waals surface area contributed by atoms with E-state index in [1.54, 1.807) is 0 Å². The van der Waals surface area contributed by atoms with E-state index in [1.807, 2.05) is 0 Å². The summed E-state index contributed by atoms with van der Waals surface area (Å²) in [4.78, 5) is 4.93. The molecule has 0 heterocycles. The largest absolute Gasteiger partial charge is 0.310 e. The van der Waals surface area contributed by atoms with Crippen LogP contribution in [0.5, 0.6) is 0 Å². The van der Waals surface area contributed by atoms with Gasteiger partial charge in [-0.3, -0.25) is 0 Å². The van der Waals surface area contributed by atoms with Crippen molar-refractivity contribution in [3.63, 3.8) is 0 Å². The summed E-state index contributed by atoms with van der Waals surface area (Å²) in [5.41, 5.74) is 25.3. The van der Waals surface area contributed by atoms with E-state index in [0.717, 1.165) is 34.1 Å². The van der Waals surface area contributed by atoms with Crippen molar-refractivity contribution in [3.05, 3.63) is 326 Å². The van der Waals surface area contributed by atoms with Crippen LogP contribution < -0.4 is 9.80 Å². The van der Waals surface area contributed by atoms with Crippen molar-refractivity contribution in [3.8, 4) is 66.8 Å². The monoisotopic (exact) mass is 996 g/mol. The van der Waals surface area contributed by atoms with Crippen LogP contribution in [0.25, 0.3) is 66.8 Å². The third-order valence-corrected chi connectivity index (χ3v) is 17.0. The molecular weight excluding hydrogens is 941 g/mol. The number of hydrogen-bond acceptors (Lipinski definition) is 2. The van der Waals surface area contributed by atoms with Gasteiger partial charge in [0.1, 0.15) is 0 Å². The fraction of sp³-hybridized carbons (Fsp3) is 0.0526. The summed E-state index contributed by atoms with van der Waals surface area (Å²) in [5.74, 6) is 0. The van der Waals surface area contributed by atoms with Crippen molar-refractivity contribution in [2.45, 2.75) is 24.7 Å². The van der Waals surface area contributed by atoms with Crippen LogP contribution >= 0.6 is 0 Å². The van der Waals surface area contributed by atoms with E-state index >= 15 is 0 Å². The minimum absolute atomic E-state index is 0.538. The number of nitrogens with zero attached hydrogens (tertiary/aromatic N) is 2. The Hall–Kier alpha value is -9.76. The number of anilines is 6.